The van der Waals surface area contributed by atoms with Crippen LogP contribution in [-0.2, 0) is 31.1 Å². The fraction of sp³-hybridized carbons (Fsp3) is 0.333. The van der Waals surface area contributed by atoms with Gasteiger partial charge in [-0.1, -0.05) is 31.2 Å². The number of Topliss-reactive ketones (excluding diaryl/α,β-unsaturated/α-hetero) is 1. The van der Waals surface area contributed by atoms with Crippen LogP contribution in [0.25, 0.3) is 0 Å². The smallest absolute Gasteiger partial charge is 0.422 e. The SMILES string of the molecule is C.COC(=O)[C@H](CCNC(=O)C(=O)Cc1ccnc(OC)c1)NC(=O)c1ccc(Nc2nc(NC3(c4ccc(Cl)cc4)CC3)nc(OCC(F)(F)F)n2)cc1. The molecular weight excluding hydrogens is 749 g/mol. The molecule has 19 heteroatoms. The van der Waals surface area contributed by atoms with E-state index in [0.717, 1.165) is 12.7 Å². The van der Waals surface area contributed by atoms with E-state index >= 15 is 0 Å². The van der Waals surface area contributed by atoms with Crippen molar-refractivity contribution in [2.45, 2.75) is 50.9 Å². The van der Waals surface area contributed by atoms with E-state index in [-0.39, 0.29) is 50.2 Å². The predicted octanol–water partition coefficient (Wildman–Crippen LogP) is 4.94. The number of aromatic nitrogens is 4. The number of carbonyl (C=O) groups is 4. The number of methoxy groups -OCH3 is 2. The highest BCUT2D eigenvalue weighted by atomic mass is 35.5. The van der Waals surface area contributed by atoms with E-state index in [0.29, 0.717) is 29.1 Å². The van der Waals surface area contributed by atoms with E-state index in [2.05, 4.69) is 41.2 Å². The normalized spacial score (nSPS) is 13.3. The summed E-state index contributed by atoms with van der Waals surface area (Å²) >= 11 is 6.03. The van der Waals surface area contributed by atoms with Gasteiger partial charge in [-0.2, -0.15) is 28.1 Å². The number of hydrogen-bond acceptors (Lipinski definition) is 13. The minimum atomic E-state index is -4.64. The van der Waals surface area contributed by atoms with Gasteiger partial charge in [0.15, 0.2) is 6.61 Å². The number of amides is 2. The van der Waals surface area contributed by atoms with Crippen molar-refractivity contribution in [3.63, 3.8) is 0 Å². The molecule has 4 N–H and O–H groups in total. The van der Waals surface area contributed by atoms with Crippen LogP contribution in [0.1, 0.15) is 48.2 Å². The summed E-state index contributed by atoms with van der Waals surface area (Å²) in [5.41, 5.74) is 1.34. The first-order chi connectivity index (χ1) is 25.8. The molecule has 55 heavy (non-hydrogen) atoms. The zero-order chi connectivity index (χ0) is 38.9. The number of pyridine rings is 1. The quantitative estimate of drug-likeness (QED) is 0.0831. The summed E-state index contributed by atoms with van der Waals surface area (Å²) < 4.78 is 53.5. The van der Waals surface area contributed by atoms with Gasteiger partial charge >= 0.3 is 18.2 Å². The first-order valence-electron chi connectivity index (χ1n) is 16.3. The molecule has 0 radical (unpaired) electrons. The van der Waals surface area contributed by atoms with Crippen molar-refractivity contribution in [2.75, 3.05) is 38.0 Å². The maximum Gasteiger partial charge on any atom is 0.422 e. The Hall–Kier alpha value is -6.04. The molecule has 2 aromatic heterocycles. The highest BCUT2D eigenvalue weighted by molar-refractivity contribution is 6.36. The third-order valence-electron chi connectivity index (χ3n) is 8.02. The van der Waals surface area contributed by atoms with Crippen LogP contribution in [0.5, 0.6) is 11.9 Å². The molecule has 1 saturated carbocycles. The van der Waals surface area contributed by atoms with Crippen molar-refractivity contribution >= 4 is 52.8 Å². The number of anilines is 3. The van der Waals surface area contributed by atoms with Gasteiger partial charge in [-0.3, -0.25) is 14.4 Å². The van der Waals surface area contributed by atoms with Crippen LogP contribution in [0.15, 0.2) is 66.9 Å². The number of esters is 1. The zero-order valence-corrected chi connectivity index (χ0v) is 29.6. The number of rotatable bonds is 17. The summed E-state index contributed by atoms with van der Waals surface area (Å²) in [4.78, 5) is 66.6. The van der Waals surface area contributed by atoms with Crippen LogP contribution in [0.4, 0.5) is 30.8 Å². The molecule has 2 aromatic carbocycles. The third kappa shape index (κ3) is 12.0. The van der Waals surface area contributed by atoms with Crippen molar-refractivity contribution in [3.05, 3.63) is 88.6 Å². The minimum Gasteiger partial charge on any atom is -0.481 e. The van der Waals surface area contributed by atoms with Crippen LogP contribution in [-0.4, -0.2) is 83.1 Å². The first-order valence-corrected chi connectivity index (χ1v) is 16.7. The van der Waals surface area contributed by atoms with Crippen LogP contribution in [0.3, 0.4) is 0 Å². The summed E-state index contributed by atoms with van der Waals surface area (Å²) in [6.45, 7) is -1.76. The van der Waals surface area contributed by atoms with Gasteiger partial charge in [-0.05, 0) is 72.9 Å². The lowest BCUT2D eigenvalue weighted by Gasteiger charge is -2.19. The number of benzene rings is 2. The summed E-state index contributed by atoms with van der Waals surface area (Å²) in [5.74, 6) is -2.92. The summed E-state index contributed by atoms with van der Waals surface area (Å²) in [6.07, 6.45) is -2.06. The van der Waals surface area contributed by atoms with Crippen LogP contribution < -0.4 is 30.7 Å². The van der Waals surface area contributed by atoms with E-state index in [1.807, 2.05) is 12.1 Å². The largest absolute Gasteiger partial charge is 0.481 e. The van der Waals surface area contributed by atoms with Gasteiger partial charge in [-0.15, -0.1) is 0 Å². The van der Waals surface area contributed by atoms with Crippen LogP contribution >= 0.6 is 11.6 Å². The average Bonchev–Trinajstić information content (AvgIpc) is 3.93. The second kappa shape index (κ2) is 18.3. The molecule has 5 rings (SSSR count). The van der Waals surface area contributed by atoms with E-state index < -0.39 is 53.9 Å². The molecule has 0 unspecified atom stereocenters. The van der Waals surface area contributed by atoms with E-state index in [1.165, 1.54) is 43.6 Å². The van der Waals surface area contributed by atoms with E-state index in [9.17, 15) is 32.3 Å². The number of nitrogens with zero attached hydrogens (tertiary/aromatic N) is 4. The van der Waals surface area contributed by atoms with Crippen molar-refractivity contribution in [3.8, 4) is 11.9 Å². The summed E-state index contributed by atoms with van der Waals surface area (Å²) in [5, 5.41) is 11.6. The van der Waals surface area contributed by atoms with E-state index in [1.54, 1.807) is 18.2 Å². The summed E-state index contributed by atoms with van der Waals surface area (Å²) in [6, 6.07) is 14.3. The van der Waals surface area contributed by atoms with Gasteiger partial charge < -0.3 is 35.5 Å². The minimum absolute atomic E-state index is 0. The summed E-state index contributed by atoms with van der Waals surface area (Å²) in [7, 11) is 2.56. The number of alkyl halides is 3. The Kier molecular flexibility index (Phi) is 13.9. The molecule has 0 saturated heterocycles. The Morgan fingerprint density at radius 2 is 1.64 bits per heavy atom. The van der Waals surface area contributed by atoms with Crippen molar-refractivity contribution in [2.24, 2.45) is 0 Å². The molecule has 0 bridgehead atoms. The number of ether oxygens (including phenoxy) is 3. The molecule has 0 aliphatic heterocycles. The van der Waals surface area contributed by atoms with Gasteiger partial charge in [0.25, 0.3) is 11.8 Å². The standard InChI is InChI=1S/C35H34ClF3N8O7.CH4/c1-52-27-18-20(11-15-40-27)17-26(48)29(50)41-16-12-25(30(51)53-2)43-28(49)21-3-9-24(10-4-21)42-31-44-32(46-33(45-31)54-19-35(37,38)39)47-34(13-14-34)22-5-7-23(36)8-6-22;/h3-11,15,18,25H,12-14,16-17,19H2,1-2H3,(H,41,50)(H,43,49)(H2,42,44,45,46,47);1H4/t25-;/m0./s1. The molecule has 2 amide bonds. The molecule has 1 aliphatic carbocycles. The second-order valence-corrected chi connectivity index (χ2v) is 12.4. The number of halogens is 4. The maximum atomic E-state index is 13.1. The number of carbonyl (C=O) groups excluding carboxylic acids is 4. The van der Waals surface area contributed by atoms with Crippen molar-refractivity contribution in [1.82, 2.24) is 30.6 Å². The fourth-order valence-corrected chi connectivity index (χ4v) is 5.23. The third-order valence-corrected chi connectivity index (χ3v) is 8.27. The average molecular weight is 787 g/mol. The Labute approximate surface area is 318 Å². The number of ketones is 1. The maximum absolute atomic E-state index is 13.1. The fourth-order valence-electron chi connectivity index (χ4n) is 5.11. The van der Waals surface area contributed by atoms with Gasteiger partial charge in [-0.25, -0.2) is 9.78 Å². The van der Waals surface area contributed by atoms with Crippen molar-refractivity contribution in [1.29, 1.82) is 0 Å². The lowest BCUT2D eigenvalue weighted by molar-refractivity contribution is -0.154. The van der Waals surface area contributed by atoms with Crippen molar-refractivity contribution < 1.29 is 46.6 Å². The van der Waals surface area contributed by atoms with Crippen LogP contribution in [0, 0.1) is 0 Å². The lowest BCUT2D eigenvalue weighted by atomic mass is 10.1. The Balaban J connectivity index is 0.00000673. The number of hydrogen-bond donors (Lipinski definition) is 4. The molecule has 0 spiro atoms. The first kappa shape index (κ1) is 41.7. The Morgan fingerprint density at radius 1 is 0.945 bits per heavy atom. The lowest BCUT2D eigenvalue weighted by Crippen LogP contribution is -2.44. The monoisotopic (exact) mass is 786 g/mol. The molecule has 1 fully saturated rings. The molecule has 292 valence electrons. The molecule has 1 atom stereocenters. The van der Waals surface area contributed by atoms with Gasteiger partial charge in [0, 0.05) is 41.5 Å². The predicted molar refractivity (Wildman–Crippen MR) is 194 cm³/mol. The van der Waals surface area contributed by atoms with E-state index in [4.69, 9.17) is 25.8 Å². The Morgan fingerprint density at radius 3 is 2.27 bits per heavy atom. The van der Waals surface area contributed by atoms with Crippen LogP contribution in [0.2, 0.25) is 5.02 Å². The second-order valence-electron chi connectivity index (χ2n) is 12.0. The topological polar surface area (TPSA) is 196 Å². The zero-order valence-electron chi connectivity index (χ0n) is 28.8. The molecule has 4 aromatic rings. The van der Waals surface area contributed by atoms with Gasteiger partial charge in [0.2, 0.25) is 23.6 Å². The van der Waals surface area contributed by atoms with Gasteiger partial charge in [0.1, 0.15) is 6.04 Å². The highest BCUT2D eigenvalue weighted by Crippen LogP contribution is 2.48. The molecule has 1 aliphatic rings. The number of nitrogens with one attached hydrogen (secondary N) is 4. The molecule has 2 heterocycles. The highest BCUT2D eigenvalue weighted by Gasteiger charge is 2.45. The van der Waals surface area contributed by atoms with Gasteiger partial charge in [0.05, 0.1) is 19.8 Å². The Bertz CT molecular complexity index is 1980. The molecule has 15 nitrogen and oxygen atoms in total. The molecular formula is C36H38ClF3N8O7.